The van der Waals surface area contributed by atoms with Gasteiger partial charge in [-0.25, -0.2) is 19.2 Å². The number of hydrogen-bond donors (Lipinski definition) is 2. The van der Waals surface area contributed by atoms with Crippen LogP contribution < -0.4 is 15.4 Å². The lowest BCUT2D eigenvalue weighted by molar-refractivity contribution is -0.151. The van der Waals surface area contributed by atoms with Gasteiger partial charge in [0.15, 0.2) is 0 Å². The van der Waals surface area contributed by atoms with E-state index in [0.29, 0.717) is 43.3 Å². The van der Waals surface area contributed by atoms with E-state index in [1.807, 2.05) is 6.07 Å². The Morgan fingerprint density at radius 3 is 2.72 bits per heavy atom. The molecule has 1 aliphatic rings. The van der Waals surface area contributed by atoms with E-state index < -0.39 is 6.16 Å². The Bertz CT molecular complexity index is 890. The zero-order chi connectivity index (χ0) is 22.9. The number of carbonyl (C=O) groups is 1. The fourth-order valence-electron chi connectivity index (χ4n) is 3.14. The van der Waals surface area contributed by atoms with E-state index in [2.05, 4.69) is 27.5 Å². The van der Waals surface area contributed by atoms with E-state index in [4.69, 9.17) is 14.3 Å². The molecule has 10 heteroatoms. The van der Waals surface area contributed by atoms with Gasteiger partial charge in [0.2, 0.25) is 5.88 Å². The van der Waals surface area contributed by atoms with Crippen LogP contribution in [0, 0.1) is 5.82 Å². The SMILES string of the molecule is CCCNc1ccc(Nc2cc(OC3CCN(OC(=O)OC(C)C)CC3)ncn2)c(F)c1. The Labute approximate surface area is 187 Å². The Morgan fingerprint density at radius 1 is 1.25 bits per heavy atom. The van der Waals surface area contributed by atoms with Gasteiger partial charge in [0, 0.05) is 44.2 Å². The molecule has 0 bridgehead atoms. The predicted molar refractivity (Wildman–Crippen MR) is 118 cm³/mol. The summed E-state index contributed by atoms with van der Waals surface area (Å²) in [5.41, 5.74) is 1.05. The second-order valence-corrected chi connectivity index (χ2v) is 7.74. The summed E-state index contributed by atoms with van der Waals surface area (Å²) in [6.07, 6.45) is 2.62. The Morgan fingerprint density at radius 2 is 2.03 bits per heavy atom. The lowest BCUT2D eigenvalue weighted by atomic mass is 10.1. The van der Waals surface area contributed by atoms with Gasteiger partial charge in [0.25, 0.3) is 0 Å². The molecule has 1 aromatic carbocycles. The van der Waals surface area contributed by atoms with Crippen LogP contribution in [0.25, 0.3) is 0 Å². The van der Waals surface area contributed by atoms with Crippen molar-refractivity contribution < 1.29 is 23.5 Å². The number of anilines is 3. The molecular weight excluding hydrogens is 417 g/mol. The van der Waals surface area contributed by atoms with Crippen molar-refractivity contribution in [2.75, 3.05) is 30.3 Å². The van der Waals surface area contributed by atoms with Crippen LogP contribution >= 0.6 is 0 Å². The third kappa shape index (κ3) is 7.23. The molecule has 174 valence electrons. The summed E-state index contributed by atoms with van der Waals surface area (Å²) < 4.78 is 25.3. The molecule has 2 heterocycles. The lowest BCUT2D eigenvalue weighted by Gasteiger charge is -2.30. The van der Waals surface area contributed by atoms with E-state index >= 15 is 0 Å². The molecule has 0 radical (unpaired) electrons. The highest BCUT2D eigenvalue weighted by molar-refractivity contribution is 5.61. The Kier molecular flexibility index (Phi) is 8.43. The molecule has 0 saturated carbocycles. The molecule has 0 amide bonds. The number of aromatic nitrogens is 2. The number of carbonyl (C=O) groups excluding carboxylic acids is 1. The third-order valence-corrected chi connectivity index (χ3v) is 4.68. The van der Waals surface area contributed by atoms with Gasteiger partial charge in [0.05, 0.1) is 11.8 Å². The maximum atomic E-state index is 14.4. The Hall–Kier alpha value is -3.14. The molecule has 0 aliphatic carbocycles. The van der Waals surface area contributed by atoms with Crippen LogP contribution in [0.3, 0.4) is 0 Å². The molecule has 0 atom stereocenters. The number of piperidine rings is 1. The number of hydroxylamine groups is 2. The monoisotopic (exact) mass is 447 g/mol. The molecular formula is C22H30FN5O4. The molecule has 0 spiro atoms. The molecule has 1 aliphatic heterocycles. The highest BCUT2D eigenvalue weighted by Crippen LogP contribution is 2.24. The zero-order valence-electron chi connectivity index (χ0n) is 18.6. The molecule has 9 nitrogen and oxygen atoms in total. The molecule has 1 saturated heterocycles. The standard InChI is InChI=1S/C22H30FN5O4/c1-4-9-24-16-5-6-19(18(23)12-16)27-20-13-21(26-14-25-20)31-17-7-10-28(11-8-17)32-22(29)30-15(2)3/h5-6,12-15,17,24H,4,7-11H2,1-3H3,(H,25,26,27). The van der Waals surface area contributed by atoms with E-state index in [1.54, 1.807) is 31.0 Å². The second-order valence-electron chi connectivity index (χ2n) is 7.74. The van der Waals surface area contributed by atoms with Crippen LogP contribution in [-0.2, 0) is 9.57 Å². The minimum Gasteiger partial charge on any atom is -0.474 e. The number of nitrogens with one attached hydrogen (secondary N) is 2. The molecule has 32 heavy (non-hydrogen) atoms. The lowest BCUT2D eigenvalue weighted by Crippen LogP contribution is -2.40. The first-order valence-electron chi connectivity index (χ1n) is 10.9. The van der Waals surface area contributed by atoms with Gasteiger partial charge in [-0.1, -0.05) is 6.92 Å². The van der Waals surface area contributed by atoms with Crippen LogP contribution in [0.5, 0.6) is 5.88 Å². The summed E-state index contributed by atoms with van der Waals surface area (Å²) in [6.45, 7) is 7.41. The van der Waals surface area contributed by atoms with E-state index in [1.165, 1.54) is 12.4 Å². The van der Waals surface area contributed by atoms with Gasteiger partial charge in [-0.05, 0) is 38.5 Å². The summed E-state index contributed by atoms with van der Waals surface area (Å²) in [7, 11) is 0. The number of nitrogens with zero attached hydrogens (tertiary/aromatic N) is 3. The quantitative estimate of drug-likeness (QED) is 0.538. The molecule has 2 N–H and O–H groups in total. The fraction of sp³-hybridized carbons (Fsp3) is 0.500. The van der Waals surface area contributed by atoms with Gasteiger partial charge in [0.1, 0.15) is 24.1 Å². The molecule has 2 aromatic rings. The first kappa shape index (κ1) is 23.5. The third-order valence-electron chi connectivity index (χ3n) is 4.68. The average molecular weight is 448 g/mol. The summed E-state index contributed by atoms with van der Waals surface area (Å²) in [6, 6.07) is 6.55. The van der Waals surface area contributed by atoms with Crippen molar-refractivity contribution in [1.82, 2.24) is 15.0 Å². The molecule has 1 fully saturated rings. The predicted octanol–water partition coefficient (Wildman–Crippen LogP) is 4.50. The second kappa shape index (κ2) is 11.5. The van der Waals surface area contributed by atoms with E-state index in [9.17, 15) is 9.18 Å². The average Bonchev–Trinajstić information content (AvgIpc) is 2.75. The molecule has 0 unspecified atom stereocenters. The summed E-state index contributed by atoms with van der Waals surface area (Å²) in [4.78, 5) is 25.1. The number of ether oxygens (including phenoxy) is 2. The fourth-order valence-corrected chi connectivity index (χ4v) is 3.14. The number of halogens is 1. The summed E-state index contributed by atoms with van der Waals surface area (Å²) in [5, 5.41) is 7.68. The Balaban J connectivity index is 1.51. The van der Waals surface area contributed by atoms with Crippen molar-refractivity contribution in [3.05, 3.63) is 36.4 Å². The minimum atomic E-state index is -0.702. The molecule has 3 rings (SSSR count). The van der Waals surface area contributed by atoms with E-state index in [-0.39, 0.29) is 18.0 Å². The van der Waals surface area contributed by atoms with Gasteiger partial charge in [-0.2, -0.15) is 0 Å². The first-order chi connectivity index (χ1) is 15.4. The first-order valence-corrected chi connectivity index (χ1v) is 10.9. The van der Waals surface area contributed by atoms with Crippen molar-refractivity contribution in [2.24, 2.45) is 0 Å². The van der Waals surface area contributed by atoms with Crippen molar-refractivity contribution in [1.29, 1.82) is 0 Å². The largest absolute Gasteiger partial charge is 0.528 e. The van der Waals surface area contributed by atoms with Crippen molar-refractivity contribution in [3.63, 3.8) is 0 Å². The van der Waals surface area contributed by atoms with Gasteiger partial charge in [-0.3, -0.25) is 0 Å². The maximum absolute atomic E-state index is 14.4. The van der Waals surface area contributed by atoms with Crippen LogP contribution in [0.2, 0.25) is 0 Å². The van der Waals surface area contributed by atoms with Crippen LogP contribution in [0.15, 0.2) is 30.6 Å². The highest BCUT2D eigenvalue weighted by Gasteiger charge is 2.24. The zero-order valence-corrected chi connectivity index (χ0v) is 18.6. The molecule has 1 aromatic heterocycles. The van der Waals surface area contributed by atoms with Gasteiger partial charge < -0.3 is 24.9 Å². The minimum absolute atomic E-state index is 0.0839. The number of hydrogen-bond acceptors (Lipinski definition) is 9. The van der Waals surface area contributed by atoms with Crippen molar-refractivity contribution >= 4 is 23.3 Å². The number of benzene rings is 1. The van der Waals surface area contributed by atoms with Crippen molar-refractivity contribution in [2.45, 2.75) is 52.2 Å². The van der Waals surface area contributed by atoms with Crippen LogP contribution in [-0.4, -0.2) is 53.0 Å². The summed E-state index contributed by atoms with van der Waals surface area (Å²) in [5.74, 6) is 0.443. The van der Waals surface area contributed by atoms with E-state index in [0.717, 1.165) is 18.7 Å². The van der Waals surface area contributed by atoms with Gasteiger partial charge in [-0.15, -0.1) is 5.06 Å². The van der Waals surface area contributed by atoms with Crippen LogP contribution in [0.4, 0.5) is 26.4 Å². The number of rotatable bonds is 9. The summed E-state index contributed by atoms with van der Waals surface area (Å²) >= 11 is 0. The maximum Gasteiger partial charge on any atom is 0.528 e. The smallest absolute Gasteiger partial charge is 0.474 e. The topological polar surface area (TPSA) is 97.8 Å². The van der Waals surface area contributed by atoms with Crippen molar-refractivity contribution in [3.8, 4) is 5.88 Å². The van der Waals surface area contributed by atoms with Crippen LogP contribution in [0.1, 0.15) is 40.0 Å². The highest BCUT2D eigenvalue weighted by atomic mass is 19.1. The normalized spacial score (nSPS) is 14.8. The van der Waals surface area contributed by atoms with Gasteiger partial charge >= 0.3 is 6.16 Å².